The Labute approximate surface area is 163 Å². The van der Waals surface area contributed by atoms with Crippen LogP contribution in [0.3, 0.4) is 0 Å². The number of unbranched alkanes of at least 4 members (excludes halogenated alkanes) is 3. The van der Waals surface area contributed by atoms with Crippen molar-refractivity contribution >= 4 is 29.1 Å². The molecule has 1 aromatic carbocycles. The molecular formula is C21H33ClN2O2. The molecule has 4 nitrogen and oxygen atoms in total. The first-order valence-corrected chi connectivity index (χ1v) is 10.1. The topological polar surface area (TPSA) is 58.2 Å². The molecule has 2 N–H and O–H groups in total. The van der Waals surface area contributed by atoms with E-state index in [1.807, 2.05) is 32.9 Å². The minimum Gasteiger partial charge on any atom is -0.353 e. The third kappa shape index (κ3) is 8.22. The van der Waals surface area contributed by atoms with Crippen molar-refractivity contribution in [3.05, 3.63) is 28.8 Å². The molecule has 5 heteroatoms. The molecule has 0 saturated heterocycles. The Bertz CT molecular complexity index is 587. The van der Waals surface area contributed by atoms with E-state index in [0.29, 0.717) is 17.1 Å². The molecule has 0 saturated carbocycles. The predicted molar refractivity (Wildman–Crippen MR) is 110 cm³/mol. The average Bonchev–Trinajstić information content (AvgIpc) is 2.58. The van der Waals surface area contributed by atoms with Crippen molar-refractivity contribution in [3.8, 4) is 0 Å². The summed E-state index contributed by atoms with van der Waals surface area (Å²) in [5.74, 6) is 0.102. The molecule has 0 heterocycles. The molecule has 0 aliphatic rings. The number of aryl methyl sites for hydroxylation is 1. The van der Waals surface area contributed by atoms with E-state index >= 15 is 0 Å². The first-order valence-electron chi connectivity index (χ1n) is 9.75. The lowest BCUT2D eigenvalue weighted by Crippen LogP contribution is -2.41. The van der Waals surface area contributed by atoms with Crippen molar-refractivity contribution in [2.24, 2.45) is 5.92 Å². The van der Waals surface area contributed by atoms with Gasteiger partial charge in [-0.2, -0.15) is 0 Å². The summed E-state index contributed by atoms with van der Waals surface area (Å²) < 4.78 is 0. The lowest BCUT2D eigenvalue weighted by molar-refractivity contribution is -0.122. The minimum atomic E-state index is -0.168. The van der Waals surface area contributed by atoms with Crippen molar-refractivity contribution in [2.45, 2.75) is 78.7 Å². The van der Waals surface area contributed by atoms with E-state index < -0.39 is 0 Å². The van der Waals surface area contributed by atoms with Crippen LogP contribution in [0.4, 0.5) is 5.69 Å². The van der Waals surface area contributed by atoms with Gasteiger partial charge in [-0.15, -0.1) is 0 Å². The van der Waals surface area contributed by atoms with Crippen molar-refractivity contribution in [1.82, 2.24) is 5.32 Å². The number of hydrogen-bond acceptors (Lipinski definition) is 2. The quantitative estimate of drug-likeness (QED) is 0.509. The van der Waals surface area contributed by atoms with E-state index in [9.17, 15) is 9.59 Å². The summed E-state index contributed by atoms with van der Waals surface area (Å²) in [6.07, 6.45) is 5.92. The third-order valence-electron chi connectivity index (χ3n) is 4.53. The first-order chi connectivity index (χ1) is 12.4. The van der Waals surface area contributed by atoms with Gasteiger partial charge in [-0.1, -0.05) is 64.6 Å². The highest BCUT2D eigenvalue weighted by Gasteiger charge is 2.20. The number of hydrogen-bond donors (Lipinski definition) is 2. The molecule has 0 aromatic heterocycles. The van der Waals surface area contributed by atoms with Gasteiger partial charge in [-0.25, -0.2) is 0 Å². The predicted octanol–water partition coefficient (Wildman–Crippen LogP) is 5.34. The van der Waals surface area contributed by atoms with Crippen LogP contribution in [0.5, 0.6) is 0 Å². The Morgan fingerprint density at radius 2 is 1.81 bits per heavy atom. The first kappa shape index (κ1) is 22.5. The van der Waals surface area contributed by atoms with Crippen molar-refractivity contribution in [2.75, 3.05) is 5.32 Å². The van der Waals surface area contributed by atoms with Gasteiger partial charge < -0.3 is 10.6 Å². The fourth-order valence-corrected chi connectivity index (χ4v) is 3.08. The number of nitrogens with one attached hydrogen (secondary N) is 2. The summed E-state index contributed by atoms with van der Waals surface area (Å²) in [6, 6.07) is 5.39. The molecule has 146 valence electrons. The molecule has 0 radical (unpaired) electrons. The molecular weight excluding hydrogens is 348 g/mol. The smallest absolute Gasteiger partial charge is 0.226 e. The SMILES string of the molecule is CCCCCCC(=O)NC(CC(=O)Nc1ccc(CC)c(Cl)c1)C(C)C. The number of carbonyl (C=O) groups excluding carboxylic acids is 2. The molecule has 0 aliphatic carbocycles. The Morgan fingerprint density at radius 3 is 2.38 bits per heavy atom. The lowest BCUT2D eigenvalue weighted by atomic mass is 10.00. The average molecular weight is 381 g/mol. The largest absolute Gasteiger partial charge is 0.353 e. The molecule has 0 spiro atoms. The van der Waals surface area contributed by atoms with Crippen LogP contribution < -0.4 is 10.6 Å². The minimum absolute atomic E-state index is 0.0305. The van der Waals surface area contributed by atoms with Gasteiger partial charge in [0.2, 0.25) is 11.8 Å². The van der Waals surface area contributed by atoms with Crippen molar-refractivity contribution < 1.29 is 9.59 Å². The van der Waals surface area contributed by atoms with E-state index in [4.69, 9.17) is 11.6 Å². The Morgan fingerprint density at radius 1 is 1.08 bits per heavy atom. The highest BCUT2D eigenvalue weighted by atomic mass is 35.5. The summed E-state index contributed by atoms with van der Waals surface area (Å²) in [5.41, 5.74) is 1.74. The van der Waals surface area contributed by atoms with Crippen LogP contribution in [0.15, 0.2) is 18.2 Å². The van der Waals surface area contributed by atoms with Crippen molar-refractivity contribution in [1.29, 1.82) is 0 Å². The maximum Gasteiger partial charge on any atom is 0.226 e. The van der Waals surface area contributed by atoms with Gasteiger partial charge in [0.25, 0.3) is 0 Å². The Balaban J connectivity index is 2.54. The van der Waals surface area contributed by atoms with Gasteiger partial charge in [0.15, 0.2) is 0 Å². The maximum absolute atomic E-state index is 12.4. The summed E-state index contributed by atoms with van der Waals surface area (Å²) >= 11 is 6.20. The Hall–Kier alpha value is -1.55. The number of anilines is 1. The molecule has 2 amide bonds. The van der Waals surface area contributed by atoms with Gasteiger partial charge in [-0.3, -0.25) is 9.59 Å². The van der Waals surface area contributed by atoms with Crippen LogP contribution in [0.2, 0.25) is 5.02 Å². The monoisotopic (exact) mass is 380 g/mol. The van der Waals surface area contributed by atoms with Gasteiger partial charge in [0, 0.05) is 29.6 Å². The second kappa shape index (κ2) is 11.9. The number of halogens is 1. The van der Waals surface area contributed by atoms with Gasteiger partial charge in [0.1, 0.15) is 0 Å². The molecule has 1 aromatic rings. The number of benzene rings is 1. The van der Waals surface area contributed by atoms with Crippen molar-refractivity contribution in [3.63, 3.8) is 0 Å². The number of rotatable bonds is 11. The normalized spacial score (nSPS) is 12.1. The molecule has 0 aliphatic heterocycles. The zero-order valence-electron chi connectivity index (χ0n) is 16.5. The molecule has 0 bridgehead atoms. The lowest BCUT2D eigenvalue weighted by Gasteiger charge is -2.22. The van der Waals surface area contributed by atoms with Crippen LogP contribution in [0, 0.1) is 5.92 Å². The molecule has 1 atom stereocenters. The van der Waals surface area contributed by atoms with Crippen LogP contribution in [-0.2, 0) is 16.0 Å². The number of amides is 2. The van der Waals surface area contributed by atoms with Crippen LogP contribution >= 0.6 is 11.6 Å². The standard InChI is InChI=1S/C21H33ClN2O2/c1-5-7-8-9-10-20(25)24-19(15(3)4)14-21(26)23-17-12-11-16(6-2)18(22)13-17/h11-13,15,19H,5-10,14H2,1-4H3,(H,23,26)(H,24,25). The molecule has 1 unspecified atom stereocenters. The van der Waals surface area contributed by atoms with E-state index in [0.717, 1.165) is 37.7 Å². The zero-order chi connectivity index (χ0) is 19.5. The second-order valence-electron chi connectivity index (χ2n) is 7.14. The highest BCUT2D eigenvalue weighted by Crippen LogP contribution is 2.21. The fourth-order valence-electron chi connectivity index (χ4n) is 2.77. The zero-order valence-corrected chi connectivity index (χ0v) is 17.3. The van der Waals surface area contributed by atoms with Gasteiger partial charge in [-0.05, 0) is 36.5 Å². The highest BCUT2D eigenvalue weighted by molar-refractivity contribution is 6.31. The number of carbonyl (C=O) groups is 2. The van der Waals surface area contributed by atoms with E-state index in [1.165, 1.54) is 0 Å². The van der Waals surface area contributed by atoms with Gasteiger partial charge in [0.05, 0.1) is 0 Å². The molecule has 26 heavy (non-hydrogen) atoms. The van der Waals surface area contributed by atoms with Crippen LogP contribution in [-0.4, -0.2) is 17.9 Å². The van der Waals surface area contributed by atoms with E-state index in [2.05, 4.69) is 17.6 Å². The fraction of sp³-hybridized carbons (Fsp3) is 0.619. The summed E-state index contributed by atoms with van der Waals surface area (Å²) in [6.45, 7) is 8.22. The van der Waals surface area contributed by atoms with Gasteiger partial charge >= 0.3 is 0 Å². The molecule has 0 fully saturated rings. The van der Waals surface area contributed by atoms with Crippen LogP contribution in [0.1, 0.15) is 71.8 Å². The van der Waals surface area contributed by atoms with E-state index in [-0.39, 0.29) is 30.2 Å². The maximum atomic E-state index is 12.4. The summed E-state index contributed by atoms with van der Waals surface area (Å²) in [5, 5.41) is 6.55. The summed E-state index contributed by atoms with van der Waals surface area (Å²) in [4.78, 5) is 24.5. The van der Waals surface area contributed by atoms with E-state index in [1.54, 1.807) is 6.07 Å². The molecule has 1 rings (SSSR count). The summed E-state index contributed by atoms with van der Waals surface area (Å²) in [7, 11) is 0. The van der Waals surface area contributed by atoms with Crippen LogP contribution in [0.25, 0.3) is 0 Å². The Kier molecular flexibility index (Phi) is 10.3. The third-order valence-corrected chi connectivity index (χ3v) is 4.88. The second-order valence-corrected chi connectivity index (χ2v) is 7.55.